The van der Waals surface area contributed by atoms with Crippen molar-refractivity contribution in [2.45, 2.75) is 25.4 Å². The maximum absolute atomic E-state index is 5.88. The molecule has 19 heavy (non-hydrogen) atoms. The van der Waals surface area contributed by atoms with E-state index in [2.05, 4.69) is 23.9 Å². The van der Waals surface area contributed by atoms with Crippen molar-refractivity contribution in [3.8, 4) is 5.75 Å². The van der Waals surface area contributed by atoms with Gasteiger partial charge in [0.2, 0.25) is 0 Å². The molecule has 0 amide bonds. The van der Waals surface area contributed by atoms with Gasteiger partial charge in [0.15, 0.2) is 0 Å². The maximum atomic E-state index is 5.88. The van der Waals surface area contributed by atoms with Crippen LogP contribution in [0.5, 0.6) is 5.75 Å². The molecule has 1 fully saturated rings. The third kappa shape index (κ3) is 3.61. The van der Waals surface area contributed by atoms with Crippen molar-refractivity contribution in [3.63, 3.8) is 0 Å². The predicted octanol–water partition coefficient (Wildman–Crippen LogP) is 1.80. The normalized spacial score (nSPS) is 20.7. The molecule has 2 N–H and O–H groups in total. The first-order valence-electron chi connectivity index (χ1n) is 6.91. The summed E-state index contributed by atoms with van der Waals surface area (Å²) in [4.78, 5) is 4.81. The number of nitrogens with zero attached hydrogens (tertiary/aromatic N) is 2. The lowest BCUT2D eigenvalue weighted by molar-refractivity contribution is 0.127. The minimum atomic E-state index is 0.654. The van der Waals surface area contributed by atoms with Crippen LogP contribution in [0.25, 0.3) is 0 Å². The highest BCUT2D eigenvalue weighted by Gasteiger charge is 2.22. The second-order valence-electron chi connectivity index (χ2n) is 5.57. The first kappa shape index (κ1) is 14.2. The molecular formula is C15H25N3O. The van der Waals surface area contributed by atoms with E-state index in [1.54, 1.807) is 7.11 Å². The number of nitrogen functional groups attached to an aromatic ring is 1. The Bertz CT molecular complexity index is 420. The fourth-order valence-corrected chi connectivity index (χ4v) is 2.76. The van der Waals surface area contributed by atoms with Crippen molar-refractivity contribution in [2.75, 3.05) is 40.0 Å². The van der Waals surface area contributed by atoms with Crippen LogP contribution in [-0.4, -0.2) is 50.1 Å². The molecule has 4 nitrogen and oxygen atoms in total. The van der Waals surface area contributed by atoms with Gasteiger partial charge in [0, 0.05) is 30.4 Å². The molecule has 1 aromatic carbocycles. The Balaban J connectivity index is 2.06. The largest absolute Gasteiger partial charge is 0.496 e. The molecule has 106 valence electrons. The van der Waals surface area contributed by atoms with Crippen LogP contribution >= 0.6 is 0 Å². The molecule has 2 rings (SSSR count). The van der Waals surface area contributed by atoms with Gasteiger partial charge in [-0.3, -0.25) is 4.90 Å². The molecule has 1 aliphatic rings. The van der Waals surface area contributed by atoms with Crippen LogP contribution in [-0.2, 0) is 6.54 Å². The number of benzene rings is 1. The zero-order valence-electron chi connectivity index (χ0n) is 12.2. The van der Waals surface area contributed by atoms with Crippen LogP contribution in [0, 0.1) is 0 Å². The van der Waals surface area contributed by atoms with E-state index in [-0.39, 0.29) is 0 Å². The number of hydrogen-bond acceptors (Lipinski definition) is 4. The fourth-order valence-electron chi connectivity index (χ4n) is 2.76. The van der Waals surface area contributed by atoms with Gasteiger partial charge in [0.25, 0.3) is 0 Å². The first-order chi connectivity index (χ1) is 9.10. The topological polar surface area (TPSA) is 41.7 Å². The van der Waals surface area contributed by atoms with Gasteiger partial charge in [-0.1, -0.05) is 0 Å². The fraction of sp³-hybridized carbons (Fsp3) is 0.600. The van der Waals surface area contributed by atoms with Crippen molar-refractivity contribution in [1.82, 2.24) is 9.80 Å². The lowest BCUT2D eigenvalue weighted by atomic mass is 10.0. The summed E-state index contributed by atoms with van der Waals surface area (Å²) in [6, 6.07) is 6.53. The number of likely N-dealkylation sites (N-methyl/N-ethyl adjacent to an activating group) is 1. The number of ether oxygens (including phenoxy) is 1. The van der Waals surface area contributed by atoms with Gasteiger partial charge in [-0.05, 0) is 51.7 Å². The van der Waals surface area contributed by atoms with E-state index in [1.165, 1.54) is 18.4 Å². The Morgan fingerprint density at radius 2 is 2.21 bits per heavy atom. The SMILES string of the molecule is COc1ccc(N)cc1CN1CCCC(N(C)C)C1. The molecule has 0 aromatic heterocycles. The highest BCUT2D eigenvalue weighted by atomic mass is 16.5. The van der Waals surface area contributed by atoms with Crippen molar-refractivity contribution in [3.05, 3.63) is 23.8 Å². The molecule has 1 unspecified atom stereocenters. The van der Waals surface area contributed by atoms with Gasteiger partial charge in [-0.15, -0.1) is 0 Å². The Morgan fingerprint density at radius 1 is 1.42 bits per heavy atom. The van der Waals surface area contributed by atoms with Crippen molar-refractivity contribution in [1.29, 1.82) is 0 Å². The summed E-state index contributed by atoms with van der Waals surface area (Å²) in [5.74, 6) is 0.932. The van der Waals surface area contributed by atoms with Crippen molar-refractivity contribution < 1.29 is 4.74 Å². The van der Waals surface area contributed by atoms with E-state index in [4.69, 9.17) is 10.5 Å². The predicted molar refractivity (Wildman–Crippen MR) is 79.4 cm³/mol. The van der Waals surface area contributed by atoms with E-state index in [0.29, 0.717) is 6.04 Å². The maximum Gasteiger partial charge on any atom is 0.123 e. The number of likely N-dealkylation sites (tertiary alicyclic amines) is 1. The molecule has 1 atom stereocenters. The average molecular weight is 263 g/mol. The first-order valence-corrected chi connectivity index (χ1v) is 6.91. The summed E-state index contributed by atoms with van der Waals surface area (Å²) in [5, 5.41) is 0. The van der Waals surface area contributed by atoms with Crippen LogP contribution in [0.1, 0.15) is 18.4 Å². The molecule has 0 saturated carbocycles. The molecule has 1 aromatic rings. The molecule has 0 bridgehead atoms. The van der Waals surface area contributed by atoms with E-state index in [1.807, 2.05) is 18.2 Å². The Hall–Kier alpha value is -1.26. The van der Waals surface area contributed by atoms with E-state index >= 15 is 0 Å². The molecule has 1 heterocycles. The quantitative estimate of drug-likeness (QED) is 0.841. The molecule has 1 saturated heterocycles. The Morgan fingerprint density at radius 3 is 2.89 bits per heavy atom. The molecule has 0 radical (unpaired) electrons. The van der Waals surface area contributed by atoms with Gasteiger partial charge in [0.05, 0.1) is 7.11 Å². The average Bonchev–Trinajstić information content (AvgIpc) is 2.39. The van der Waals surface area contributed by atoms with E-state index < -0.39 is 0 Å². The van der Waals surface area contributed by atoms with E-state index in [0.717, 1.165) is 31.1 Å². The smallest absolute Gasteiger partial charge is 0.123 e. The van der Waals surface area contributed by atoms with Crippen molar-refractivity contribution >= 4 is 5.69 Å². The third-order valence-corrected chi connectivity index (χ3v) is 3.91. The number of anilines is 1. The van der Waals surface area contributed by atoms with Gasteiger partial charge in [0.1, 0.15) is 5.75 Å². The summed E-state index contributed by atoms with van der Waals surface area (Å²) in [5.41, 5.74) is 7.87. The lowest BCUT2D eigenvalue weighted by Gasteiger charge is -2.36. The van der Waals surface area contributed by atoms with Crippen LogP contribution in [0.3, 0.4) is 0 Å². The minimum absolute atomic E-state index is 0.654. The van der Waals surface area contributed by atoms with E-state index in [9.17, 15) is 0 Å². The molecule has 0 spiro atoms. The minimum Gasteiger partial charge on any atom is -0.496 e. The number of methoxy groups -OCH3 is 1. The molecular weight excluding hydrogens is 238 g/mol. The van der Waals surface area contributed by atoms with Gasteiger partial charge < -0.3 is 15.4 Å². The third-order valence-electron chi connectivity index (χ3n) is 3.91. The summed E-state index contributed by atoms with van der Waals surface area (Å²) in [6.07, 6.45) is 2.55. The zero-order valence-corrected chi connectivity index (χ0v) is 12.2. The molecule has 4 heteroatoms. The van der Waals surface area contributed by atoms with Crippen LogP contribution < -0.4 is 10.5 Å². The summed E-state index contributed by atoms with van der Waals surface area (Å²) in [7, 11) is 6.04. The number of hydrogen-bond donors (Lipinski definition) is 1. The Kier molecular flexibility index (Phi) is 4.66. The Labute approximate surface area is 116 Å². The highest BCUT2D eigenvalue weighted by molar-refractivity contribution is 5.47. The van der Waals surface area contributed by atoms with Crippen LogP contribution in [0.4, 0.5) is 5.69 Å². The standard InChI is InChI=1S/C15H25N3O/c1-17(2)14-5-4-8-18(11-14)10-12-9-13(16)6-7-15(12)19-3/h6-7,9,14H,4-5,8,10-11,16H2,1-3H3. The van der Waals surface area contributed by atoms with Gasteiger partial charge in [-0.2, -0.15) is 0 Å². The zero-order chi connectivity index (χ0) is 13.8. The van der Waals surface area contributed by atoms with Crippen LogP contribution in [0.15, 0.2) is 18.2 Å². The van der Waals surface area contributed by atoms with Crippen LogP contribution in [0.2, 0.25) is 0 Å². The van der Waals surface area contributed by atoms with Crippen molar-refractivity contribution in [2.24, 2.45) is 0 Å². The highest BCUT2D eigenvalue weighted by Crippen LogP contribution is 2.24. The van der Waals surface area contributed by atoms with Gasteiger partial charge >= 0.3 is 0 Å². The van der Waals surface area contributed by atoms with Gasteiger partial charge in [-0.25, -0.2) is 0 Å². The number of rotatable bonds is 4. The summed E-state index contributed by atoms with van der Waals surface area (Å²) >= 11 is 0. The molecule has 0 aliphatic carbocycles. The number of piperidine rings is 1. The second-order valence-corrected chi connectivity index (χ2v) is 5.57. The molecule has 1 aliphatic heterocycles. The lowest BCUT2D eigenvalue weighted by Crippen LogP contribution is -2.44. The number of nitrogens with two attached hydrogens (primary N) is 1. The summed E-state index contributed by atoms with van der Waals surface area (Å²) < 4.78 is 5.42. The second kappa shape index (κ2) is 6.26. The monoisotopic (exact) mass is 263 g/mol. The summed E-state index contributed by atoms with van der Waals surface area (Å²) in [6.45, 7) is 3.19.